The van der Waals surface area contributed by atoms with Crippen LogP contribution in [0.4, 0.5) is 0 Å². The van der Waals surface area contributed by atoms with Gasteiger partial charge in [0.15, 0.2) is 6.10 Å². The summed E-state index contributed by atoms with van der Waals surface area (Å²) in [7, 11) is 0. The normalized spacial score (nSPS) is 11.7. The Morgan fingerprint density at radius 3 is 2.46 bits per heavy atom. The summed E-state index contributed by atoms with van der Waals surface area (Å²) in [6.45, 7) is 8.82. The maximum Gasteiger partial charge on any atom is 0.261 e. The van der Waals surface area contributed by atoms with Crippen molar-refractivity contribution in [1.29, 1.82) is 0 Å². The summed E-state index contributed by atoms with van der Waals surface area (Å²) in [5.74, 6) is 1.44. The Labute approximate surface area is 143 Å². The highest BCUT2D eigenvalue weighted by molar-refractivity contribution is 5.80. The van der Waals surface area contributed by atoms with E-state index in [0.29, 0.717) is 13.2 Å². The van der Waals surface area contributed by atoms with Crippen molar-refractivity contribution in [2.75, 3.05) is 6.61 Å². The monoisotopic (exact) mass is 327 g/mol. The summed E-state index contributed by atoms with van der Waals surface area (Å²) >= 11 is 0. The SMILES string of the molecule is CCOc1ccc(CNC(=O)[C@H](C)Oc2ccc(C)cc2C)cc1. The number of rotatable bonds is 7. The van der Waals surface area contributed by atoms with E-state index in [1.165, 1.54) is 5.56 Å². The molecule has 128 valence electrons. The predicted octanol–water partition coefficient (Wildman–Crippen LogP) is 3.79. The number of amides is 1. The average molecular weight is 327 g/mol. The van der Waals surface area contributed by atoms with Gasteiger partial charge in [0, 0.05) is 6.54 Å². The second-order valence-corrected chi connectivity index (χ2v) is 5.82. The molecular weight excluding hydrogens is 302 g/mol. The lowest BCUT2D eigenvalue weighted by Gasteiger charge is -2.16. The number of aryl methyl sites for hydroxylation is 2. The number of carbonyl (C=O) groups is 1. The van der Waals surface area contributed by atoms with Crippen LogP contribution in [0.5, 0.6) is 11.5 Å². The Hall–Kier alpha value is -2.49. The molecule has 0 fully saturated rings. The van der Waals surface area contributed by atoms with Gasteiger partial charge >= 0.3 is 0 Å². The van der Waals surface area contributed by atoms with Gasteiger partial charge in [0.05, 0.1) is 6.61 Å². The maximum absolute atomic E-state index is 12.2. The van der Waals surface area contributed by atoms with Gasteiger partial charge in [0.25, 0.3) is 5.91 Å². The Bertz CT molecular complexity index is 680. The summed E-state index contributed by atoms with van der Waals surface area (Å²) in [6, 6.07) is 13.6. The second kappa shape index (κ2) is 8.39. The van der Waals surface area contributed by atoms with Gasteiger partial charge in [-0.2, -0.15) is 0 Å². The smallest absolute Gasteiger partial charge is 0.261 e. The van der Waals surface area contributed by atoms with E-state index in [2.05, 4.69) is 5.32 Å². The van der Waals surface area contributed by atoms with Crippen molar-refractivity contribution < 1.29 is 14.3 Å². The van der Waals surface area contributed by atoms with Crippen molar-refractivity contribution in [3.05, 3.63) is 59.2 Å². The molecule has 4 heteroatoms. The summed E-state index contributed by atoms with van der Waals surface area (Å²) in [4.78, 5) is 12.2. The molecule has 1 atom stereocenters. The van der Waals surface area contributed by atoms with E-state index < -0.39 is 6.10 Å². The first-order valence-corrected chi connectivity index (χ1v) is 8.23. The van der Waals surface area contributed by atoms with E-state index in [-0.39, 0.29) is 5.91 Å². The zero-order chi connectivity index (χ0) is 17.5. The molecule has 0 bridgehead atoms. The molecule has 0 spiro atoms. The summed E-state index contributed by atoms with van der Waals surface area (Å²) < 4.78 is 11.2. The van der Waals surface area contributed by atoms with E-state index in [4.69, 9.17) is 9.47 Å². The standard InChI is InChI=1S/C20H25NO3/c1-5-23-18-9-7-17(8-10-18)13-21-20(22)16(4)24-19-11-6-14(2)12-15(19)3/h6-12,16H,5,13H2,1-4H3,(H,21,22)/t16-/m0/s1. The Balaban J connectivity index is 1.87. The molecule has 1 amide bonds. The third kappa shape index (κ3) is 5.01. The molecule has 0 heterocycles. The van der Waals surface area contributed by atoms with Crippen molar-refractivity contribution in [1.82, 2.24) is 5.32 Å². The molecular formula is C20H25NO3. The zero-order valence-corrected chi connectivity index (χ0v) is 14.8. The highest BCUT2D eigenvalue weighted by Gasteiger charge is 2.15. The van der Waals surface area contributed by atoms with Crippen LogP contribution >= 0.6 is 0 Å². The average Bonchev–Trinajstić information content (AvgIpc) is 2.56. The van der Waals surface area contributed by atoms with Crippen molar-refractivity contribution in [3.63, 3.8) is 0 Å². The van der Waals surface area contributed by atoms with Gasteiger partial charge in [-0.15, -0.1) is 0 Å². The maximum atomic E-state index is 12.2. The van der Waals surface area contributed by atoms with Crippen molar-refractivity contribution in [2.24, 2.45) is 0 Å². The topological polar surface area (TPSA) is 47.6 Å². The van der Waals surface area contributed by atoms with Crippen LogP contribution in [-0.4, -0.2) is 18.6 Å². The van der Waals surface area contributed by atoms with Crippen LogP contribution in [0.15, 0.2) is 42.5 Å². The third-order valence-electron chi connectivity index (χ3n) is 3.70. The lowest BCUT2D eigenvalue weighted by molar-refractivity contribution is -0.127. The fraction of sp³-hybridized carbons (Fsp3) is 0.350. The van der Waals surface area contributed by atoms with E-state index >= 15 is 0 Å². The Morgan fingerprint density at radius 2 is 1.83 bits per heavy atom. The minimum atomic E-state index is -0.547. The lowest BCUT2D eigenvalue weighted by Crippen LogP contribution is -2.36. The highest BCUT2D eigenvalue weighted by Crippen LogP contribution is 2.20. The quantitative estimate of drug-likeness (QED) is 0.842. The highest BCUT2D eigenvalue weighted by atomic mass is 16.5. The van der Waals surface area contributed by atoms with Gasteiger partial charge in [0.1, 0.15) is 11.5 Å². The van der Waals surface area contributed by atoms with E-state index in [9.17, 15) is 4.79 Å². The van der Waals surface area contributed by atoms with Gasteiger partial charge in [0.2, 0.25) is 0 Å². The molecule has 0 unspecified atom stereocenters. The summed E-state index contributed by atoms with van der Waals surface area (Å²) in [6.07, 6.45) is -0.547. The number of carbonyl (C=O) groups excluding carboxylic acids is 1. The number of hydrogen-bond acceptors (Lipinski definition) is 3. The van der Waals surface area contributed by atoms with E-state index in [1.54, 1.807) is 6.92 Å². The van der Waals surface area contributed by atoms with Gasteiger partial charge in [-0.1, -0.05) is 29.8 Å². The van der Waals surface area contributed by atoms with Crippen LogP contribution in [0.3, 0.4) is 0 Å². The van der Waals surface area contributed by atoms with Gasteiger partial charge in [-0.3, -0.25) is 4.79 Å². The third-order valence-corrected chi connectivity index (χ3v) is 3.70. The van der Waals surface area contributed by atoms with Crippen molar-refractivity contribution in [3.8, 4) is 11.5 Å². The number of nitrogens with one attached hydrogen (secondary N) is 1. The summed E-state index contributed by atoms with van der Waals surface area (Å²) in [5, 5.41) is 2.90. The van der Waals surface area contributed by atoms with E-state index in [0.717, 1.165) is 22.6 Å². The van der Waals surface area contributed by atoms with Gasteiger partial charge in [-0.05, 0) is 57.0 Å². The zero-order valence-electron chi connectivity index (χ0n) is 14.8. The molecule has 0 saturated carbocycles. The molecule has 1 N–H and O–H groups in total. The first-order chi connectivity index (χ1) is 11.5. The second-order valence-electron chi connectivity index (χ2n) is 5.82. The van der Waals surface area contributed by atoms with Crippen LogP contribution < -0.4 is 14.8 Å². The molecule has 24 heavy (non-hydrogen) atoms. The molecule has 2 rings (SSSR count). The van der Waals surface area contributed by atoms with Crippen LogP contribution in [0.2, 0.25) is 0 Å². The van der Waals surface area contributed by atoms with Crippen LogP contribution in [-0.2, 0) is 11.3 Å². The first-order valence-electron chi connectivity index (χ1n) is 8.23. The predicted molar refractivity (Wildman–Crippen MR) is 95.5 cm³/mol. The number of benzene rings is 2. The summed E-state index contributed by atoms with van der Waals surface area (Å²) in [5.41, 5.74) is 3.22. The molecule has 2 aromatic carbocycles. The van der Waals surface area contributed by atoms with Crippen LogP contribution in [0.25, 0.3) is 0 Å². The fourth-order valence-electron chi connectivity index (χ4n) is 2.38. The Kier molecular flexibility index (Phi) is 6.24. The van der Waals surface area contributed by atoms with Crippen molar-refractivity contribution in [2.45, 2.75) is 40.3 Å². The van der Waals surface area contributed by atoms with E-state index in [1.807, 2.05) is 63.2 Å². The number of ether oxygens (including phenoxy) is 2. The molecule has 0 aromatic heterocycles. The Morgan fingerprint density at radius 1 is 1.12 bits per heavy atom. The minimum Gasteiger partial charge on any atom is -0.494 e. The van der Waals surface area contributed by atoms with Crippen molar-refractivity contribution >= 4 is 5.91 Å². The van der Waals surface area contributed by atoms with Gasteiger partial charge in [-0.25, -0.2) is 0 Å². The minimum absolute atomic E-state index is 0.135. The lowest BCUT2D eigenvalue weighted by atomic mass is 10.1. The number of hydrogen-bond donors (Lipinski definition) is 1. The molecule has 0 aliphatic carbocycles. The molecule has 0 aliphatic heterocycles. The largest absolute Gasteiger partial charge is 0.494 e. The molecule has 4 nitrogen and oxygen atoms in total. The molecule has 0 aliphatic rings. The van der Waals surface area contributed by atoms with Crippen LogP contribution in [0.1, 0.15) is 30.5 Å². The van der Waals surface area contributed by atoms with Gasteiger partial charge < -0.3 is 14.8 Å². The van der Waals surface area contributed by atoms with Crippen LogP contribution in [0, 0.1) is 13.8 Å². The molecule has 0 radical (unpaired) electrons. The first kappa shape index (κ1) is 17.9. The molecule has 0 saturated heterocycles. The fourth-order valence-corrected chi connectivity index (χ4v) is 2.38. The molecule has 2 aromatic rings.